The lowest BCUT2D eigenvalue weighted by molar-refractivity contribution is 0.415. The van der Waals surface area contributed by atoms with Crippen molar-refractivity contribution in [2.24, 2.45) is 10.7 Å². The molecule has 7 nitrogen and oxygen atoms in total. The SMILES string of the molecule is COc1ccc(-c2n[nH]c(CN=C(N)NC3CCCC3)n2)cc1. The van der Waals surface area contributed by atoms with Gasteiger partial charge in [0.1, 0.15) is 18.1 Å². The maximum atomic E-state index is 5.91. The maximum Gasteiger partial charge on any atom is 0.189 e. The molecule has 0 spiro atoms. The fourth-order valence-electron chi connectivity index (χ4n) is 2.72. The number of methoxy groups -OCH3 is 1. The minimum absolute atomic E-state index is 0.384. The molecule has 0 unspecified atom stereocenters. The number of hydrogen-bond acceptors (Lipinski definition) is 4. The minimum Gasteiger partial charge on any atom is -0.497 e. The Morgan fingerprint density at radius 3 is 2.78 bits per heavy atom. The number of aliphatic imine (C=N–C) groups is 1. The fraction of sp³-hybridized carbons (Fsp3) is 0.438. The van der Waals surface area contributed by atoms with E-state index in [-0.39, 0.29) is 0 Å². The quantitative estimate of drug-likeness (QED) is 0.577. The summed E-state index contributed by atoms with van der Waals surface area (Å²) in [5.41, 5.74) is 6.84. The molecule has 7 heteroatoms. The third-order valence-corrected chi connectivity index (χ3v) is 3.99. The summed E-state index contributed by atoms with van der Waals surface area (Å²) in [5, 5.41) is 10.4. The average molecular weight is 314 g/mol. The van der Waals surface area contributed by atoms with Gasteiger partial charge in [-0.25, -0.2) is 9.98 Å². The number of aromatic amines is 1. The first kappa shape index (κ1) is 15.3. The lowest BCUT2D eigenvalue weighted by Gasteiger charge is -2.11. The molecule has 4 N–H and O–H groups in total. The molecular weight excluding hydrogens is 292 g/mol. The van der Waals surface area contributed by atoms with Crippen molar-refractivity contribution in [3.63, 3.8) is 0 Å². The molecule has 1 aliphatic rings. The molecule has 1 saturated carbocycles. The largest absolute Gasteiger partial charge is 0.497 e. The van der Waals surface area contributed by atoms with Crippen molar-refractivity contribution >= 4 is 5.96 Å². The van der Waals surface area contributed by atoms with Gasteiger partial charge >= 0.3 is 0 Å². The lowest BCUT2D eigenvalue weighted by atomic mass is 10.2. The predicted molar refractivity (Wildman–Crippen MR) is 89.1 cm³/mol. The molecular formula is C16H22N6O. The van der Waals surface area contributed by atoms with Crippen molar-refractivity contribution in [3.05, 3.63) is 30.1 Å². The van der Waals surface area contributed by atoms with E-state index in [9.17, 15) is 0 Å². The highest BCUT2D eigenvalue weighted by molar-refractivity contribution is 5.78. The molecule has 1 heterocycles. The van der Waals surface area contributed by atoms with E-state index in [1.807, 2.05) is 24.3 Å². The number of guanidine groups is 1. The van der Waals surface area contributed by atoms with Crippen LogP contribution in [0.25, 0.3) is 11.4 Å². The first-order valence-corrected chi connectivity index (χ1v) is 7.87. The first-order chi connectivity index (χ1) is 11.2. The molecule has 0 bridgehead atoms. The van der Waals surface area contributed by atoms with Gasteiger partial charge in [-0.05, 0) is 37.1 Å². The van der Waals surface area contributed by atoms with Crippen molar-refractivity contribution in [3.8, 4) is 17.1 Å². The second kappa shape index (κ2) is 7.13. The Balaban J connectivity index is 1.59. The topological polar surface area (TPSA) is 101 Å². The van der Waals surface area contributed by atoms with Gasteiger partial charge in [-0.2, -0.15) is 5.10 Å². The van der Waals surface area contributed by atoms with E-state index in [0.29, 0.717) is 30.2 Å². The molecule has 1 aliphatic carbocycles. The number of nitrogens with two attached hydrogens (primary N) is 1. The van der Waals surface area contributed by atoms with Crippen LogP contribution in [0.4, 0.5) is 0 Å². The summed E-state index contributed by atoms with van der Waals surface area (Å²) >= 11 is 0. The second-order valence-electron chi connectivity index (χ2n) is 5.66. The highest BCUT2D eigenvalue weighted by Gasteiger charge is 2.14. The molecule has 0 aliphatic heterocycles. The molecule has 1 fully saturated rings. The summed E-state index contributed by atoms with van der Waals surface area (Å²) in [6.07, 6.45) is 4.86. The van der Waals surface area contributed by atoms with Gasteiger partial charge in [-0.3, -0.25) is 5.10 Å². The van der Waals surface area contributed by atoms with Crippen molar-refractivity contribution in [1.82, 2.24) is 20.5 Å². The number of rotatable bonds is 5. The van der Waals surface area contributed by atoms with Crippen LogP contribution < -0.4 is 15.8 Å². The second-order valence-corrected chi connectivity index (χ2v) is 5.66. The van der Waals surface area contributed by atoms with Crippen LogP contribution in [0.2, 0.25) is 0 Å². The summed E-state index contributed by atoms with van der Waals surface area (Å²) in [7, 11) is 1.64. The molecule has 0 saturated heterocycles. The number of aromatic nitrogens is 3. The van der Waals surface area contributed by atoms with Gasteiger partial charge in [-0.15, -0.1) is 0 Å². The smallest absolute Gasteiger partial charge is 0.189 e. The summed E-state index contributed by atoms with van der Waals surface area (Å²) in [6, 6.07) is 8.07. The summed E-state index contributed by atoms with van der Waals surface area (Å²) < 4.78 is 5.14. The summed E-state index contributed by atoms with van der Waals surface area (Å²) in [5.74, 6) is 2.60. The van der Waals surface area contributed by atoms with Crippen LogP contribution in [0.3, 0.4) is 0 Å². The Labute approximate surface area is 135 Å². The number of H-pyrrole nitrogens is 1. The zero-order valence-electron chi connectivity index (χ0n) is 13.2. The molecule has 23 heavy (non-hydrogen) atoms. The van der Waals surface area contributed by atoms with Crippen LogP contribution in [0.15, 0.2) is 29.3 Å². The number of benzene rings is 1. The molecule has 0 atom stereocenters. The van der Waals surface area contributed by atoms with Gasteiger partial charge in [0.2, 0.25) is 0 Å². The highest BCUT2D eigenvalue weighted by Crippen LogP contribution is 2.19. The summed E-state index contributed by atoms with van der Waals surface area (Å²) in [4.78, 5) is 8.76. The van der Waals surface area contributed by atoms with Gasteiger partial charge in [0.15, 0.2) is 11.8 Å². The van der Waals surface area contributed by atoms with Crippen LogP contribution in [0, 0.1) is 0 Å². The van der Waals surface area contributed by atoms with E-state index in [1.165, 1.54) is 25.7 Å². The number of nitrogens with one attached hydrogen (secondary N) is 2. The molecule has 122 valence electrons. The molecule has 1 aromatic heterocycles. The molecule has 0 radical (unpaired) electrons. The van der Waals surface area contributed by atoms with E-state index in [2.05, 4.69) is 25.5 Å². The minimum atomic E-state index is 0.384. The van der Waals surface area contributed by atoms with E-state index in [0.717, 1.165) is 11.3 Å². The van der Waals surface area contributed by atoms with Crippen molar-refractivity contribution in [2.75, 3.05) is 7.11 Å². The van der Waals surface area contributed by atoms with E-state index in [1.54, 1.807) is 7.11 Å². The zero-order chi connectivity index (χ0) is 16.1. The first-order valence-electron chi connectivity index (χ1n) is 7.87. The lowest BCUT2D eigenvalue weighted by Crippen LogP contribution is -2.38. The van der Waals surface area contributed by atoms with E-state index < -0.39 is 0 Å². The van der Waals surface area contributed by atoms with Crippen LogP contribution in [-0.4, -0.2) is 34.3 Å². The fourth-order valence-corrected chi connectivity index (χ4v) is 2.72. The Morgan fingerprint density at radius 1 is 1.35 bits per heavy atom. The third-order valence-electron chi connectivity index (χ3n) is 3.99. The van der Waals surface area contributed by atoms with Crippen LogP contribution in [0.1, 0.15) is 31.5 Å². The van der Waals surface area contributed by atoms with Crippen molar-refractivity contribution in [1.29, 1.82) is 0 Å². The van der Waals surface area contributed by atoms with Crippen molar-refractivity contribution in [2.45, 2.75) is 38.3 Å². The van der Waals surface area contributed by atoms with Gasteiger partial charge < -0.3 is 15.8 Å². The maximum absolute atomic E-state index is 5.91. The average Bonchev–Trinajstić information content (AvgIpc) is 3.25. The van der Waals surface area contributed by atoms with Gasteiger partial charge in [0.05, 0.1) is 7.11 Å². The van der Waals surface area contributed by atoms with E-state index >= 15 is 0 Å². The van der Waals surface area contributed by atoms with Gasteiger partial charge in [0, 0.05) is 11.6 Å². The van der Waals surface area contributed by atoms with Crippen LogP contribution in [-0.2, 0) is 6.54 Å². The molecule has 0 amide bonds. The standard InChI is InChI=1S/C16H22N6O/c1-23-13-8-6-11(7-9-13)15-20-14(21-22-15)10-18-16(17)19-12-4-2-3-5-12/h6-9,12H,2-5,10H2,1H3,(H3,17,18,19)(H,20,21,22). The molecule has 3 rings (SSSR count). The number of nitrogens with zero attached hydrogens (tertiary/aromatic N) is 3. The Kier molecular flexibility index (Phi) is 4.75. The van der Waals surface area contributed by atoms with Gasteiger partial charge in [0.25, 0.3) is 0 Å². The Morgan fingerprint density at radius 2 is 2.09 bits per heavy atom. The Bertz CT molecular complexity index is 657. The molecule has 2 aromatic rings. The summed E-state index contributed by atoms with van der Waals surface area (Å²) in [6.45, 7) is 0.384. The highest BCUT2D eigenvalue weighted by atomic mass is 16.5. The predicted octanol–water partition coefficient (Wildman–Crippen LogP) is 1.83. The monoisotopic (exact) mass is 314 g/mol. The van der Waals surface area contributed by atoms with E-state index in [4.69, 9.17) is 10.5 Å². The van der Waals surface area contributed by atoms with Crippen LogP contribution >= 0.6 is 0 Å². The van der Waals surface area contributed by atoms with Crippen LogP contribution in [0.5, 0.6) is 5.75 Å². The number of ether oxygens (including phenoxy) is 1. The zero-order valence-corrected chi connectivity index (χ0v) is 13.2. The molecule has 1 aromatic carbocycles. The number of hydrogen-bond donors (Lipinski definition) is 3. The Hall–Kier alpha value is -2.57. The van der Waals surface area contributed by atoms with Crippen molar-refractivity contribution < 1.29 is 4.74 Å². The normalized spacial score (nSPS) is 15.8. The van der Waals surface area contributed by atoms with Gasteiger partial charge in [-0.1, -0.05) is 12.8 Å². The third kappa shape index (κ3) is 4.00.